The average molecular weight is 285 g/mol. The normalized spacial score (nSPS) is 24.7. The lowest BCUT2D eigenvalue weighted by molar-refractivity contribution is -0.152. The van der Waals surface area contributed by atoms with Crippen LogP contribution in [0.4, 0.5) is 0 Å². The Labute approximate surface area is 126 Å². The van der Waals surface area contributed by atoms with Gasteiger partial charge in [0.1, 0.15) is 0 Å². The summed E-state index contributed by atoms with van der Waals surface area (Å²) in [5.74, 6) is -0.0120. The van der Waals surface area contributed by atoms with Crippen LogP contribution < -0.4 is 0 Å². The highest BCUT2D eigenvalue weighted by Crippen LogP contribution is 2.30. The van der Waals surface area contributed by atoms with Gasteiger partial charge in [-0.1, -0.05) is 48.6 Å². The van der Waals surface area contributed by atoms with Crippen molar-refractivity contribution < 1.29 is 9.90 Å². The number of likely N-dealkylation sites (tertiary alicyclic amines) is 1. The fourth-order valence-corrected chi connectivity index (χ4v) is 2.63. The summed E-state index contributed by atoms with van der Waals surface area (Å²) in [5.41, 5.74) is 0.209. The number of carbonyl (C=O) groups is 1. The molecule has 1 aliphatic heterocycles. The Morgan fingerprint density at radius 3 is 2.62 bits per heavy atom. The quantitative estimate of drug-likeness (QED) is 0.645. The number of amides is 1. The van der Waals surface area contributed by atoms with E-state index in [2.05, 4.69) is 6.58 Å². The zero-order valence-electron chi connectivity index (χ0n) is 12.7. The molecule has 2 rings (SSSR count). The topological polar surface area (TPSA) is 40.5 Å². The molecule has 1 aliphatic rings. The molecule has 112 valence electrons. The van der Waals surface area contributed by atoms with E-state index in [4.69, 9.17) is 0 Å². The number of rotatable bonds is 6. The van der Waals surface area contributed by atoms with Crippen LogP contribution in [-0.4, -0.2) is 27.6 Å². The van der Waals surface area contributed by atoms with E-state index in [-0.39, 0.29) is 17.9 Å². The molecule has 1 heterocycles. The molecule has 0 unspecified atom stereocenters. The number of benzene rings is 1. The van der Waals surface area contributed by atoms with Crippen molar-refractivity contribution in [3.8, 4) is 0 Å². The highest BCUT2D eigenvalue weighted by Gasteiger charge is 2.42. The Morgan fingerprint density at radius 2 is 2.05 bits per heavy atom. The second kappa shape index (κ2) is 6.27. The fourth-order valence-electron chi connectivity index (χ4n) is 2.63. The largest absolute Gasteiger partial charge is 0.386 e. The Balaban J connectivity index is 1.96. The second-order valence-corrected chi connectivity index (χ2v) is 5.93. The van der Waals surface area contributed by atoms with Gasteiger partial charge in [0.25, 0.3) is 0 Å². The summed E-state index contributed by atoms with van der Waals surface area (Å²) in [5, 5.41) is 10.1. The van der Waals surface area contributed by atoms with Gasteiger partial charge in [0.2, 0.25) is 5.91 Å². The number of carbonyl (C=O) groups excluding carboxylic acids is 1. The van der Waals surface area contributed by atoms with Crippen LogP contribution in [0.15, 0.2) is 55.1 Å². The molecule has 3 nitrogen and oxygen atoms in total. The van der Waals surface area contributed by atoms with E-state index in [1.165, 1.54) is 0 Å². The van der Waals surface area contributed by atoms with E-state index in [1.807, 2.05) is 48.2 Å². The zero-order chi connectivity index (χ0) is 15.5. The van der Waals surface area contributed by atoms with Crippen molar-refractivity contribution in [2.24, 2.45) is 5.92 Å². The van der Waals surface area contributed by atoms with Gasteiger partial charge in [-0.25, -0.2) is 0 Å². The molecule has 21 heavy (non-hydrogen) atoms. The van der Waals surface area contributed by atoms with Crippen molar-refractivity contribution >= 4 is 5.91 Å². The Bertz CT molecular complexity index is 533. The lowest BCUT2D eigenvalue weighted by atomic mass is 9.86. The zero-order valence-corrected chi connectivity index (χ0v) is 12.7. The fraction of sp³-hybridized carbons (Fsp3) is 0.389. The van der Waals surface area contributed by atoms with Crippen LogP contribution in [0.3, 0.4) is 0 Å². The van der Waals surface area contributed by atoms with E-state index in [9.17, 15) is 9.90 Å². The molecule has 3 heteroatoms. The summed E-state index contributed by atoms with van der Waals surface area (Å²) in [6, 6.07) is 10.1. The van der Waals surface area contributed by atoms with Crippen molar-refractivity contribution in [1.82, 2.24) is 4.90 Å². The van der Waals surface area contributed by atoms with Crippen LogP contribution >= 0.6 is 0 Å². The molecule has 1 amide bonds. The lowest BCUT2D eigenvalue weighted by Gasteiger charge is -2.44. The number of aliphatic hydroxyl groups is 1. The first-order valence-corrected chi connectivity index (χ1v) is 7.31. The molecule has 0 saturated carbocycles. The van der Waals surface area contributed by atoms with Crippen LogP contribution in [0.25, 0.3) is 0 Å². The molecule has 1 fully saturated rings. The van der Waals surface area contributed by atoms with Crippen LogP contribution in [0.5, 0.6) is 0 Å². The Kier molecular flexibility index (Phi) is 4.63. The molecule has 0 aromatic heterocycles. The molecule has 1 saturated heterocycles. The monoisotopic (exact) mass is 285 g/mol. The van der Waals surface area contributed by atoms with Crippen LogP contribution in [-0.2, 0) is 11.3 Å². The molecule has 0 aliphatic carbocycles. The number of hydrogen-bond donors (Lipinski definition) is 1. The molecule has 1 aromatic rings. The van der Waals surface area contributed by atoms with Crippen LogP contribution in [0.2, 0.25) is 0 Å². The number of β-lactam (4-membered cyclic amide) rings is 1. The van der Waals surface area contributed by atoms with Crippen molar-refractivity contribution in [1.29, 1.82) is 0 Å². The number of nitrogens with zero attached hydrogens (tertiary/aromatic N) is 1. The summed E-state index contributed by atoms with van der Waals surface area (Å²) in [6.07, 6.45) is 5.70. The van der Waals surface area contributed by atoms with Gasteiger partial charge in [0.15, 0.2) is 0 Å². The minimum atomic E-state index is -0.929. The Hall–Kier alpha value is -1.87. The van der Waals surface area contributed by atoms with Gasteiger partial charge in [0.05, 0.1) is 11.5 Å². The van der Waals surface area contributed by atoms with Gasteiger partial charge in [-0.2, -0.15) is 0 Å². The third-order valence-corrected chi connectivity index (χ3v) is 4.00. The minimum Gasteiger partial charge on any atom is -0.386 e. The van der Waals surface area contributed by atoms with Crippen molar-refractivity contribution in [3.05, 3.63) is 60.7 Å². The first-order chi connectivity index (χ1) is 9.94. The average Bonchev–Trinajstić information content (AvgIpc) is 2.46. The maximum Gasteiger partial charge on any atom is 0.232 e. The van der Waals surface area contributed by atoms with Gasteiger partial charge in [-0.15, -0.1) is 6.58 Å². The molecule has 3 atom stereocenters. The van der Waals surface area contributed by atoms with E-state index < -0.39 is 5.60 Å². The molecule has 1 aromatic carbocycles. The van der Waals surface area contributed by atoms with Gasteiger partial charge in [-0.05, 0) is 25.8 Å². The molecular formula is C18H23NO2. The van der Waals surface area contributed by atoms with E-state index in [1.54, 1.807) is 19.1 Å². The van der Waals surface area contributed by atoms with Gasteiger partial charge in [0, 0.05) is 12.6 Å². The van der Waals surface area contributed by atoms with Crippen molar-refractivity contribution in [3.63, 3.8) is 0 Å². The highest BCUT2D eigenvalue weighted by atomic mass is 16.3. The third-order valence-electron chi connectivity index (χ3n) is 4.00. The van der Waals surface area contributed by atoms with Crippen molar-refractivity contribution in [2.75, 3.05) is 0 Å². The van der Waals surface area contributed by atoms with Gasteiger partial charge < -0.3 is 10.0 Å². The smallest absolute Gasteiger partial charge is 0.232 e. The first kappa shape index (κ1) is 15.5. The Morgan fingerprint density at radius 1 is 1.38 bits per heavy atom. The van der Waals surface area contributed by atoms with Crippen LogP contribution in [0, 0.1) is 5.92 Å². The standard InChI is InChI=1S/C18H23NO2/c1-4-11-18(3,21)12-10-16-14(2)19(17(16)20)13-15-8-6-5-7-9-15/h4-10,12,14,16,21H,1,11,13H2,2-3H3/b12-10+/t14-,16+,18-/m1/s1. The predicted octanol–water partition coefficient (Wildman–Crippen LogP) is 2.92. The molecule has 0 radical (unpaired) electrons. The predicted molar refractivity (Wildman–Crippen MR) is 84.5 cm³/mol. The SMILES string of the molecule is C=CC[C@@](C)(O)/C=C/[C@@H]1C(=O)N(Cc2ccccc2)[C@@H]1C. The first-order valence-electron chi connectivity index (χ1n) is 7.31. The van der Waals surface area contributed by atoms with E-state index >= 15 is 0 Å². The molecular weight excluding hydrogens is 262 g/mol. The van der Waals surface area contributed by atoms with E-state index in [0.29, 0.717) is 13.0 Å². The summed E-state index contributed by atoms with van der Waals surface area (Å²) in [4.78, 5) is 14.1. The summed E-state index contributed by atoms with van der Waals surface area (Å²) < 4.78 is 0. The van der Waals surface area contributed by atoms with Gasteiger partial charge in [-0.3, -0.25) is 4.79 Å². The maximum absolute atomic E-state index is 12.2. The minimum absolute atomic E-state index is 0.122. The van der Waals surface area contributed by atoms with Crippen molar-refractivity contribution in [2.45, 2.75) is 38.5 Å². The summed E-state index contributed by atoms with van der Waals surface area (Å²) in [6.45, 7) is 8.04. The lowest BCUT2D eigenvalue weighted by Crippen LogP contribution is -2.58. The highest BCUT2D eigenvalue weighted by molar-refractivity contribution is 5.87. The molecule has 0 bridgehead atoms. The summed E-state index contributed by atoms with van der Waals surface area (Å²) >= 11 is 0. The van der Waals surface area contributed by atoms with E-state index in [0.717, 1.165) is 5.56 Å². The van der Waals surface area contributed by atoms with Crippen LogP contribution in [0.1, 0.15) is 25.8 Å². The van der Waals surface area contributed by atoms with Gasteiger partial charge >= 0.3 is 0 Å². The number of hydrogen-bond acceptors (Lipinski definition) is 2. The maximum atomic E-state index is 12.2. The summed E-state index contributed by atoms with van der Waals surface area (Å²) in [7, 11) is 0. The molecule has 1 N–H and O–H groups in total. The third kappa shape index (κ3) is 3.61. The second-order valence-electron chi connectivity index (χ2n) is 5.93. The molecule has 0 spiro atoms.